The molecule has 0 aliphatic heterocycles. The third kappa shape index (κ3) is 6.46. The van der Waals surface area contributed by atoms with Crippen molar-refractivity contribution in [1.29, 1.82) is 0 Å². The summed E-state index contributed by atoms with van der Waals surface area (Å²) in [6.45, 7) is 5.37. The van der Waals surface area contributed by atoms with Crippen LogP contribution in [0.3, 0.4) is 0 Å². The molecule has 0 aliphatic carbocycles. The van der Waals surface area contributed by atoms with E-state index in [1.807, 2.05) is 37.3 Å². The van der Waals surface area contributed by atoms with Crippen LogP contribution in [0.4, 0.5) is 5.69 Å². The topological polar surface area (TPSA) is 96.0 Å². The Morgan fingerprint density at radius 1 is 1.12 bits per heavy atom. The zero-order valence-corrected chi connectivity index (χ0v) is 20.0. The minimum atomic E-state index is -3.82. The zero-order chi connectivity index (χ0) is 23.9. The monoisotopic (exact) mass is 461 g/mol. The van der Waals surface area contributed by atoms with Gasteiger partial charge in [0.05, 0.1) is 19.1 Å². The quantitative estimate of drug-likeness (QED) is 0.586. The van der Waals surface area contributed by atoms with Crippen LogP contribution in [0.5, 0.6) is 5.75 Å². The Labute approximate surface area is 190 Å². The molecule has 2 aromatic carbocycles. The Balaban J connectivity index is 2.44. The van der Waals surface area contributed by atoms with Crippen LogP contribution in [0.25, 0.3) is 0 Å². The van der Waals surface area contributed by atoms with Crippen molar-refractivity contribution in [2.75, 3.05) is 30.8 Å². The number of hydrogen-bond acceptors (Lipinski definition) is 5. The summed E-state index contributed by atoms with van der Waals surface area (Å²) >= 11 is 0. The van der Waals surface area contributed by atoms with E-state index in [4.69, 9.17) is 4.74 Å². The summed E-state index contributed by atoms with van der Waals surface area (Å²) in [5, 5.41) is 2.72. The molecule has 2 amide bonds. The van der Waals surface area contributed by atoms with Gasteiger partial charge in [-0.1, -0.05) is 36.4 Å². The number of carbonyl (C=O) groups excluding carboxylic acids is 2. The number of ether oxygens (including phenoxy) is 1. The summed E-state index contributed by atoms with van der Waals surface area (Å²) in [5.74, 6) is -0.474. The van der Waals surface area contributed by atoms with Crippen LogP contribution >= 0.6 is 0 Å². The predicted octanol–water partition coefficient (Wildman–Crippen LogP) is 2.32. The molecule has 8 nitrogen and oxygen atoms in total. The number of methoxy groups -OCH3 is 1. The average molecular weight is 462 g/mol. The molecule has 0 aromatic heterocycles. The number of hydrogen-bond donors (Lipinski definition) is 1. The first-order chi connectivity index (χ1) is 15.1. The zero-order valence-electron chi connectivity index (χ0n) is 19.2. The number of amides is 2. The Morgan fingerprint density at radius 2 is 1.78 bits per heavy atom. The van der Waals surface area contributed by atoms with E-state index in [1.165, 1.54) is 12.0 Å². The number of nitrogens with one attached hydrogen (secondary N) is 1. The maximum atomic E-state index is 13.4. The van der Waals surface area contributed by atoms with Gasteiger partial charge in [-0.2, -0.15) is 0 Å². The van der Waals surface area contributed by atoms with E-state index in [0.29, 0.717) is 12.3 Å². The SMILES string of the molecule is CCNC(=O)[C@H](C)N(Cc1ccccc1)C(=O)CN(c1cc(C)ccc1OC)S(C)(=O)=O. The molecule has 9 heteroatoms. The van der Waals surface area contributed by atoms with Crippen molar-refractivity contribution in [1.82, 2.24) is 10.2 Å². The lowest BCUT2D eigenvalue weighted by atomic mass is 10.1. The number of carbonyl (C=O) groups is 2. The molecule has 1 N–H and O–H groups in total. The van der Waals surface area contributed by atoms with Crippen LogP contribution in [0, 0.1) is 6.92 Å². The number of sulfonamides is 1. The Bertz CT molecular complexity index is 1040. The van der Waals surface area contributed by atoms with E-state index in [2.05, 4.69) is 5.32 Å². The molecule has 0 spiro atoms. The third-order valence-corrected chi connectivity index (χ3v) is 6.12. The minimum Gasteiger partial charge on any atom is -0.495 e. The first kappa shape index (κ1) is 25.2. The molecule has 174 valence electrons. The molecule has 32 heavy (non-hydrogen) atoms. The summed E-state index contributed by atoms with van der Waals surface area (Å²) in [4.78, 5) is 27.3. The van der Waals surface area contributed by atoms with E-state index < -0.39 is 28.5 Å². The van der Waals surface area contributed by atoms with Crippen LogP contribution in [-0.4, -0.2) is 57.6 Å². The molecule has 0 bridgehead atoms. The van der Waals surface area contributed by atoms with Crippen molar-refractivity contribution >= 4 is 27.5 Å². The normalized spacial score (nSPS) is 12.0. The van der Waals surface area contributed by atoms with Gasteiger partial charge in [0.25, 0.3) is 0 Å². The number of nitrogens with zero attached hydrogens (tertiary/aromatic N) is 2. The first-order valence-corrected chi connectivity index (χ1v) is 12.2. The van der Waals surface area contributed by atoms with Gasteiger partial charge in [-0.3, -0.25) is 13.9 Å². The van der Waals surface area contributed by atoms with Crippen molar-refractivity contribution in [2.45, 2.75) is 33.4 Å². The fraction of sp³-hybridized carbons (Fsp3) is 0.391. The second-order valence-electron chi connectivity index (χ2n) is 7.52. The molecule has 2 aromatic rings. The largest absolute Gasteiger partial charge is 0.495 e. The van der Waals surface area contributed by atoms with Crippen LogP contribution in [0.15, 0.2) is 48.5 Å². The van der Waals surface area contributed by atoms with Crippen molar-refractivity contribution in [3.63, 3.8) is 0 Å². The average Bonchev–Trinajstić information content (AvgIpc) is 2.75. The number of likely N-dealkylation sites (N-methyl/N-ethyl adjacent to an activating group) is 1. The molecule has 0 aliphatic rings. The maximum absolute atomic E-state index is 13.4. The molecule has 0 saturated heterocycles. The fourth-order valence-corrected chi connectivity index (χ4v) is 4.12. The molecule has 0 unspecified atom stereocenters. The summed E-state index contributed by atoms with van der Waals surface area (Å²) in [6, 6.07) is 13.6. The maximum Gasteiger partial charge on any atom is 0.244 e. The summed E-state index contributed by atoms with van der Waals surface area (Å²) in [7, 11) is -2.38. The van der Waals surface area contributed by atoms with E-state index in [1.54, 1.807) is 32.0 Å². The molecule has 0 fully saturated rings. The highest BCUT2D eigenvalue weighted by Crippen LogP contribution is 2.31. The van der Waals surface area contributed by atoms with Gasteiger partial charge in [0.15, 0.2) is 0 Å². The highest BCUT2D eigenvalue weighted by atomic mass is 32.2. The lowest BCUT2D eigenvalue weighted by Crippen LogP contribution is -2.51. The molecule has 1 atom stereocenters. The Morgan fingerprint density at radius 3 is 2.34 bits per heavy atom. The van der Waals surface area contributed by atoms with Crippen LogP contribution in [0.1, 0.15) is 25.0 Å². The van der Waals surface area contributed by atoms with Crippen molar-refractivity contribution in [3.8, 4) is 5.75 Å². The van der Waals surface area contributed by atoms with E-state index >= 15 is 0 Å². The number of benzene rings is 2. The van der Waals surface area contributed by atoms with Crippen LogP contribution < -0.4 is 14.4 Å². The molecule has 0 radical (unpaired) electrons. The van der Waals surface area contributed by atoms with Crippen molar-refractivity contribution < 1.29 is 22.7 Å². The van der Waals surface area contributed by atoms with Gasteiger partial charge >= 0.3 is 0 Å². The van der Waals surface area contributed by atoms with Gasteiger partial charge in [-0.25, -0.2) is 8.42 Å². The summed E-state index contributed by atoms with van der Waals surface area (Å²) < 4.78 is 31.7. The van der Waals surface area contributed by atoms with Gasteiger partial charge < -0.3 is 15.0 Å². The molecule has 2 rings (SSSR count). The molecule has 0 heterocycles. The standard InChI is InChI=1S/C23H31N3O5S/c1-6-24-23(28)18(3)25(15-19-10-8-7-9-11-19)22(27)16-26(32(5,29)30)20-14-17(2)12-13-21(20)31-4/h7-14,18H,6,15-16H2,1-5H3,(H,24,28)/t18-/m0/s1. The van der Waals surface area contributed by atoms with Crippen molar-refractivity contribution in [2.24, 2.45) is 0 Å². The van der Waals surface area contributed by atoms with Gasteiger partial charge in [0, 0.05) is 13.1 Å². The minimum absolute atomic E-state index is 0.167. The highest BCUT2D eigenvalue weighted by Gasteiger charge is 2.31. The smallest absolute Gasteiger partial charge is 0.244 e. The summed E-state index contributed by atoms with van der Waals surface area (Å²) in [6.07, 6.45) is 1.04. The fourth-order valence-electron chi connectivity index (χ4n) is 3.27. The lowest BCUT2D eigenvalue weighted by Gasteiger charge is -2.31. The Hall–Kier alpha value is -3.07. The number of rotatable bonds is 10. The second-order valence-corrected chi connectivity index (χ2v) is 9.43. The highest BCUT2D eigenvalue weighted by molar-refractivity contribution is 7.92. The van der Waals surface area contributed by atoms with E-state index in [9.17, 15) is 18.0 Å². The number of anilines is 1. The predicted molar refractivity (Wildman–Crippen MR) is 125 cm³/mol. The van der Waals surface area contributed by atoms with Gasteiger partial charge in [0.2, 0.25) is 21.8 Å². The number of aryl methyl sites for hydroxylation is 1. The van der Waals surface area contributed by atoms with E-state index in [0.717, 1.165) is 21.7 Å². The first-order valence-electron chi connectivity index (χ1n) is 10.3. The van der Waals surface area contributed by atoms with Gasteiger partial charge in [-0.15, -0.1) is 0 Å². The second kappa shape index (κ2) is 11.0. The summed E-state index contributed by atoms with van der Waals surface area (Å²) in [5.41, 5.74) is 1.92. The van der Waals surface area contributed by atoms with Crippen LogP contribution in [0.2, 0.25) is 0 Å². The van der Waals surface area contributed by atoms with E-state index in [-0.39, 0.29) is 18.1 Å². The Kier molecular flexibility index (Phi) is 8.65. The molecular formula is C23H31N3O5S. The molecule has 0 saturated carbocycles. The van der Waals surface area contributed by atoms with Gasteiger partial charge in [0.1, 0.15) is 18.3 Å². The lowest BCUT2D eigenvalue weighted by molar-refractivity contribution is -0.139. The van der Waals surface area contributed by atoms with Crippen LogP contribution in [-0.2, 0) is 26.2 Å². The third-order valence-electron chi connectivity index (χ3n) is 5.00. The van der Waals surface area contributed by atoms with Gasteiger partial charge in [-0.05, 0) is 44.0 Å². The van der Waals surface area contributed by atoms with Crippen molar-refractivity contribution in [3.05, 3.63) is 59.7 Å². The molecular weight excluding hydrogens is 430 g/mol.